The fraction of sp³-hybridized carbons (Fsp3) is 0.286. The van der Waals surface area contributed by atoms with Gasteiger partial charge in [0.2, 0.25) is 0 Å². The zero-order valence-corrected chi connectivity index (χ0v) is 6.60. The Balaban J connectivity index is 3.22. The number of anilines is 1. The molecular formula is C7H8F3N3. The second-order valence-corrected chi connectivity index (χ2v) is 2.40. The van der Waals surface area contributed by atoms with Crippen molar-refractivity contribution < 1.29 is 13.2 Å². The van der Waals surface area contributed by atoms with Crippen molar-refractivity contribution in [3.8, 4) is 0 Å². The normalized spacial score (nSPS) is 10.8. The van der Waals surface area contributed by atoms with E-state index in [1.54, 1.807) is 0 Å². The Morgan fingerprint density at radius 3 is 2.54 bits per heavy atom. The lowest BCUT2D eigenvalue weighted by Gasteiger charge is -2.06. The van der Waals surface area contributed by atoms with Crippen LogP contribution in [0.2, 0.25) is 0 Å². The lowest BCUT2D eigenvalue weighted by atomic mass is 10.2. The minimum atomic E-state index is -2.81. The van der Waals surface area contributed by atoms with E-state index in [-0.39, 0.29) is 17.9 Å². The van der Waals surface area contributed by atoms with Gasteiger partial charge in [0.1, 0.15) is 11.5 Å². The molecule has 1 aromatic rings. The van der Waals surface area contributed by atoms with Crippen LogP contribution in [0.15, 0.2) is 6.07 Å². The number of pyridine rings is 1. The summed E-state index contributed by atoms with van der Waals surface area (Å²) < 4.78 is 37.2. The van der Waals surface area contributed by atoms with Gasteiger partial charge in [-0.1, -0.05) is 0 Å². The van der Waals surface area contributed by atoms with Crippen LogP contribution in [0, 0.1) is 5.82 Å². The number of nitrogens with zero attached hydrogens (tertiary/aromatic N) is 1. The molecule has 0 bridgehead atoms. The summed E-state index contributed by atoms with van der Waals surface area (Å²) in [5.41, 5.74) is 9.02. The van der Waals surface area contributed by atoms with Gasteiger partial charge in [-0.15, -0.1) is 0 Å². The first-order valence-electron chi connectivity index (χ1n) is 3.49. The molecule has 6 heteroatoms. The molecule has 0 saturated heterocycles. The first-order chi connectivity index (χ1) is 6.06. The molecular weight excluding hydrogens is 183 g/mol. The van der Waals surface area contributed by atoms with Crippen molar-refractivity contribution in [2.45, 2.75) is 13.0 Å². The van der Waals surface area contributed by atoms with Gasteiger partial charge in [0.25, 0.3) is 6.43 Å². The van der Waals surface area contributed by atoms with Crippen molar-refractivity contribution >= 4 is 5.69 Å². The minimum Gasteiger partial charge on any atom is -0.397 e. The van der Waals surface area contributed by atoms with E-state index in [0.717, 1.165) is 6.07 Å². The van der Waals surface area contributed by atoms with Gasteiger partial charge in [-0.3, -0.25) is 0 Å². The molecule has 0 atom stereocenters. The van der Waals surface area contributed by atoms with Crippen molar-refractivity contribution in [2.24, 2.45) is 5.73 Å². The third-order valence-corrected chi connectivity index (χ3v) is 1.51. The van der Waals surface area contributed by atoms with Gasteiger partial charge in [0.05, 0.1) is 11.4 Å². The summed E-state index contributed by atoms with van der Waals surface area (Å²) in [7, 11) is 0. The van der Waals surface area contributed by atoms with Gasteiger partial charge < -0.3 is 11.5 Å². The zero-order valence-electron chi connectivity index (χ0n) is 6.60. The van der Waals surface area contributed by atoms with E-state index in [1.165, 1.54) is 0 Å². The second kappa shape index (κ2) is 3.61. The molecule has 1 rings (SSSR count). The van der Waals surface area contributed by atoms with Gasteiger partial charge >= 0.3 is 0 Å². The smallest absolute Gasteiger partial charge is 0.282 e. The monoisotopic (exact) mass is 191 g/mol. The Morgan fingerprint density at radius 1 is 1.46 bits per heavy atom. The lowest BCUT2D eigenvalue weighted by molar-refractivity contribution is 0.146. The second-order valence-electron chi connectivity index (χ2n) is 2.40. The quantitative estimate of drug-likeness (QED) is 0.738. The number of nitrogens with two attached hydrogens (primary N) is 2. The largest absolute Gasteiger partial charge is 0.397 e. The van der Waals surface area contributed by atoms with Crippen LogP contribution in [-0.2, 0) is 6.54 Å². The predicted octanol–water partition coefficient (Wildman–Crippen LogP) is 1.20. The minimum absolute atomic E-state index is 0.204. The highest BCUT2D eigenvalue weighted by Crippen LogP contribution is 2.24. The van der Waals surface area contributed by atoms with E-state index in [2.05, 4.69) is 4.98 Å². The fourth-order valence-corrected chi connectivity index (χ4v) is 0.875. The van der Waals surface area contributed by atoms with Crippen molar-refractivity contribution in [3.63, 3.8) is 0 Å². The van der Waals surface area contributed by atoms with Gasteiger partial charge in [-0.05, 0) is 0 Å². The highest BCUT2D eigenvalue weighted by molar-refractivity contribution is 5.44. The summed E-state index contributed by atoms with van der Waals surface area (Å²) in [6.07, 6.45) is -2.81. The van der Waals surface area contributed by atoms with Gasteiger partial charge in [0.15, 0.2) is 0 Å². The number of rotatable bonds is 2. The molecule has 1 heterocycles. The lowest BCUT2D eigenvalue weighted by Crippen LogP contribution is -2.08. The molecule has 0 aliphatic carbocycles. The molecule has 1 aromatic heterocycles. The summed E-state index contributed by atoms with van der Waals surface area (Å²) in [6, 6.07) is 0.802. The molecule has 13 heavy (non-hydrogen) atoms. The first kappa shape index (κ1) is 9.79. The maximum absolute atomic E-state index is 12.8. The van der Waals surface area contributed by atoms with Crippen LogP contribution in [0.1, 0.15) is 17.8 Å². The summed E-state index contributed by atoms with van der Waals surface area (Å²) in [6.45, 7) is -0.230. The maximum atomic E-state index is 12.8. The van der Waals surface area contributed by atoms with E-state index in [4.69, 9.17) is 11.5 Å². The average molecular weight is 191 g/mol. The number of halogens is 3. The standard InChI is InChI=1S/C7H8F3N3/c8-3-1-4(12)6(7(9)10)13-5(3)2-11/h1,7H,2,11-12H2. The van der Waals surface area contributed by atoms with E-state index in [1.807, 2.05) is 0 Å². The Morgan fingerprint density at radius 2 is 2.08 bits per heavy atom. The molecule has 0 unspecified atom stereocenters. The number of aromatic nitrogens is 1. The van der Waals surface area contributed by atoms with Gasteiger partial charge in [-0.25, -0.2) is 18.2 Å². The van der Waals surface area contributed by atoms with Crippen molar-refractivity contribution in [1.29, 1.82) is 0 Å². The maximum Gasteiger partial charge on any atom is 0.282 e. The number of hydrogen-bond acceptors (Lipinski definition) is 3. The van der Waals surface area contributed by atoms with E-state index >= 15 is 0 Å². The third kappa shape index (κ3) is 1.89. The Bertz CT molecular complexity index is 314. The fourth-order valence-electron chi connectivity index (χ4n) is 0.875. The molecule has 3 nitrogen and oxygen atoms in total. The number of nitrogen functional groups attached to an aromatic ring is 1. The molecule has 0 aromatic carbocycles. The summed E-state index contributed by atoms with van der Waals surface area (Å²) in [5.74, 6) is -0.760. The first-order valence-corrected chi connectivity index (χ1v) is 3.49. The van der Waals surface area contributed by atoms with Crippen molar-refractivity contribution in [3.05, 3.63) is 23.3 Å². The topological polar surface area (TPSA) is 64.9 Å². The van der Waals surface area contributed by atoms with E-state index in [0.29, 0.717) is 0 Å². The molecule has 0 amide bonds. The Hall–Kier alpha value is -1.30. The van der Waals surface area contributed by atoms with Crippen LogP contribution < -0.4 is 11.5 Å². The molecule has 0 aliphatic heterocycles. The molecule has 0 saturated carbocycles. The van der Waals surface area contributed by atoms with Crippen LogP contribution in [0.3, 0.4) is 0 Å². The Kier molecular flexibility index (Phi) is 2.72. The predicted molar refractivity (Wildman–Crippen MR) is 41.5 cm³/mol. The highest BCUT2D eigenvalue weighted by Gasteiger charge is 2.16. The van der Waals surface area contributed by atoms with E-state index < -0.39 is 17.9 Å². The van der Waals surface area contributed by atoms with Crippen LogP contribution in [0.4, 0.5) is 18.9 Å². The van der Waals surface area contributed by atoms with Gasteiger partial charge in [-0.2, -0.15) is 0 Å². The van der Waals surface area contributed by atoms with Crippen molar-refractivity contribution in [2.75, 3.05) is 5.73 Å². The summed E-state index contributed by atoms with van der Waals surface area (Å²) >= 11 is 0. The molecule has 0 fully saturated rings. The van der Waals surface area contributed by atoms with Crippen LogP contribution in [-0.4, -0.2) is 4.98 Å². The Labute approximate surface area is 72.6 Å². The molecule has 72 valence electrons. The molecule has 0 aliphatic rings. The number of alkyl halides is 2. The van der Waals surface area contributed by atoms with Gasteiger partial charge in [0, 0.05) is 12.6 Å². The van der Waals surface area contributed by atoms with Crippen LogP contribution in [0.25, 0.3) is 0 Å². The van der Waals surface area contributed by atoms with Crippen LogP contribution in [0.5, 0.6) is 0 Å². The van der Waals surface area contributed by atoms with E-state index in [9.17, 15) is 13.2 Å². The number of hydrogen-bond donors (Lipinski definition) is 2. The summed E-state index contributed by atoms with van der Waals surface area (Å²) in [5, 5.41) is 0. The SMILES string of the molecule is NCc1nc(C(F)F)c(N)cc1F. The van der Waals surface area contributed by atoms with Crippen molar-refractivity contribution in [1.82, 2.24) is 4.98 Å². The molecule has 0 spiro atoms. The summed E-state index contributed by atoms with van der Waals surface area (Å²) in [4.78, 5) is 3.31. The van der Waals surface area contributed by atoms with Crippen LogP contribution >= 0.6 is 0 Å². The third-order valence-electron chi connectivity index (χ3n) is 1.51. The molecule has 0 radical (unpaired) electrons. The molecule has 4 N–H and O–H groups in total. The zero-order chi connectivity index (χ0) is 10.0. The average Bonchev–Trinajstić information content (AvgIpc) is 2.03. The highest BCUT2D eigenvalue weighted by atomic mass is 19.3.